The summed E-state index contributed by atoms with van der Waals surface area (Å²) in [6.45, 7) is 5.15. The lowest BCUT2D eigenvalue weighted by atomic mass is 10.0. The SMILES string of the molecule is CCNC(=NCC(C)(O)c1cnn(C)c1)NCCc1coc(-c2ccc(F)cc2)n1. The summed E-state index contributed by atoms with van der Waals surface area (Å²) in [4.78, 5) is 8.93. The second-order valence-corrected chi connectivity index (χ2v) is 7.20. The van der Waals surface area contributed by atoms with E-state index in [1.165, 1.54) is 12.1 Å². The molecule has 1 atom stereocenters. The molecule has 1 aromatic carbocycles. The van der Waals surface area contributed by atoms with E-state index in [-0.39, 0.29) is 12.4 Å². The van der Waals surface area contributed by atoms with Crippen molar-refractivity contribution in [2.75, 3.05) is 19.6 Å². The maximum atomic E-state index is 13.1. The summed E-state index contributed by atoms with van der Waals surface area (Å²) >= 11 is 0. The number of hydrogen-bond donors (Lipinski definition) is 3. The summed E-state index contributed by atoms with van der Waals surface area (Å²) in [6, 6.07) is 6.02. The normalized spacial score (nSPS) is 13.8. The molecule has 9 heteroatoms. The molecular weight excluding hydrogens is 387 g/mol. The van der Waals surface area contributed by atoms with Gasteiger partial charge >= 0.3 is 0 Å². The first-order chi connectivity index (χ1) is 14.4. The minimum absolute atomic E-state index is 0.187. The fourth-order valence-corrected chi connectivity index (χ4v) is 2.82. The Morgan fingerprint density at radius 3 is 2.73 bits per heavy atom. The zero-order chi connectivity index (χ0) is 21.6. The summed E-state index contributed by atoms with van der Waals surface area (Å²) in [5.41, 5.74) is 1.09. The molecule has 160 valence electrons. The molecule has 30 heavy (non-hydrogen) atoms. The van der Waals surface area contributed by atoms with Gasteiger partial charge in [-0.1, -0.05) is 0 Å². The predicted molar refractivity (Wildman–Crippen MR) is 112 cm³/mol. The molecule has 3 aromatic rings. The number of aryl methyl sites for hydroxylation is 1. The second kappa shape index (κ2) is 9.53. The second-order valence-electron chi connectivity index (χ2n) is 7.20. The van der Waals surface area contributed by atoms with Crippen molar-refractivity contribution < 1.29 is 13.9 Å². The highest BCUT2D eigenvalue weighted by Crippen LogP contribution is 2.20. The average molecular weight is 414 g/mol. The molecule has 2 heterocycles. The first kappa shape index (κ1) is 21.5. The van der Waals surface area contributed by atoms with E-state index in [2.05, 4.69) is 25.7 Å². The number of nitrogens with zero attached hydrogens (tertiary/aromatic N) is 4. The number of rotatable bonds is 8. The van der Waals surface area contributed by atoms with Gasteiger partial charge in [0.05, 0.1) is 18.4 Å². The largest absolute Gasteiger partial charge is 0.444 e. The third-order valence-corrected chi connectivity index (χ3v) is 4.53. The van der Waals surface area contributed by atoms with Gasteiger partial charge in [0.2, 0.25) is 5.89 Å². The van der Waals surface area contributed by atoms with Crippen molar-refractivity contribution in [2.45, 2.75) is 25.9 Å². The highest BCUT2D eigenvalue weighted by Gasteiger charge is 2.24. The van der Waals surface area contributed by atoms with Crippen molar-refractivity contribution in [3.63, 3.8) is 0 Å². The van der Waals surface area contributed by atoms with E-state index in [1.807, 2.05) is 6.92 Å². The van der Waals surface area contributed by atoms with E-state index in [4.69, 9.17) is 4.42 Å². The van der Waals surface area contributed by atoms with Crippen molar-refractivity contribution >= 4 is 5.96 Å². The van der Waals surface area contributed by atoms with Crippen LogP contribution in [0.3, 0.4) is 0 Å². The summed E-state index contributed by atoms with van der Waals surface area (Å²) < 4.78 is 20.2. The fraction of sp³-hybridized carbons (Fsp3) is 0.381. The first-order valence-electron chi connectivity index (χ1n) is 9.81. The third-order valence-electron chi connectivity index (χ3n) is 4.53. The zero-order valence-corrected chi connectivity index (χ0v) is 17.4. The van der Waals surface area contributed by atoms with Crippen LogP contribution in [0.15, 0.2) is 52.3 Å². The standard InChI is InChI=1S/C21H27FN6O2/c1-4-23-20(25-14-21(2,29)16-11-26-28(3)12-16)24-10-9-18-13-30-19(27-18)15-5-7-17(22)8-6-15/h5-8,11-13,29H,4,9-10,14H2,1-3H3,(H2,23,24,25). The lowest BCUT2D eigenvalue weighted by Crippen LogP contribution is -2.39. The summed E-state index contributed by atoms with van der Waals surface area (Å²) in [5, 5.41) is 21.2. The van der Waals surface area contributed by atoms with Crippen molar-refractivity contribution in [1.29, 1.82) is 0 Å². The van der Waals surface area contributed by atoms with Gasteiger partial charge < -0.3 is 20.2 Å². The number of oxazole rings is 1. The molecular formula is C21H27FN6O2. The topological polar surface area (TPSA) is 100 Å². The summed E-state index contributed by atoms with van der Waals surface area (Å²) in [7, 11) is 1.81. The van der Waals surface area contributed by atoms with Gasteiger partial charge in [-0.05, 0) is 38.1 Å². The van der Waals surface area contributed by atoms with E-state index in [0.29, 0.717) is 36.9 Å². The van der Waals surface area contributed by atoms with Crippen LogP contribution in [0.5, 0.6) is 0 Å². The van der Waals surface area contributed by atoms with Gasteiger partial charge in [-0.2, -0.15) is 5.10 Å². The molecule has 2 aromatic heterocycles. The molecule has 1 unspecified atom stereocenters. The van der Waals surface area contributed by atoms with Gasteiger partial charge in [0.15, 0.2) is 5.96 Å². The van der Waals surface area contributed by atoms with Crippen molar-refractivity contribution in [3.05, 3.63) is 60.0 Å². The van der Waals surface area contributed by atoms with Gasteiger partial charge in [0.1, 0.15) is 17.7 Å². The molecule has 0 spiro atoms. The van der Waals surface area contributed by atoms with Crippen LogP contribution in [-0.4, -0.2) is 45.5 Å². The number of benzene rings is 1. The Bertz CT molecular complexity index is 978. The Balaban J connectivity index is 1.56. The average Bonchev–Trinajstić information content (AvgIpc) is 3.36. The van der Waals surface area contributed by atoms with Crippen molar-refractivity contribution in [2.24, 2.45) is 12.0 Å². The maximum absolute atomic E-state index is 13.1. The van der Waals surface area contributed by atoms with E-state index >= 15 is 0 Å². The van der Waals surface area contributed by atoms with E-state index < -0.39 is 5.60 Å². The van der Waals surface area contributed by atoms with Crippen LogP contribution in [0, 0.1) is 5.82 Å². The first-order valence-corrected chi connectivity index (χ1v) is 9.81. The lowest BCUT2D eigenvalue weighted by molar-refractivity contribution is 0.0672. The van der Waals surface area contributed by atoms with E-state index in [1.54, 1.807) is 49.4 Å². The van der Waals surface area contributed by atoms with Crippen LogP contribution < -0.4 is 10.6 Å². The zero-order valence-electron chi connectivity index (χ0n) is 17.4. The Morgan fingerprint density at radius 2 is 2.07 bits per heavy atom. The molecule has 3 rings (SSSR count). The minimum atomic E-state index is -1.12. The number of hydrogen-bond acceptors (Lipinski definition) is 5. The fourth-order valence-electron chi connectivity index (χ4n) is 2.82. The third kappa shape index (κ3) is 5.66. The number of nitrogens with one attached hydrogen (secondary N) is 2. The van der Waals surface area contributed by atoms with Crippen LogP contribution in [0.2, 0.25) is 0 Å². The highest BCUT2D eigenvalue weighted by atomic mass is 19.1. The number of guanidine groups is 1. The van der Waals surface area contributed by atoms with Crippen LogP contribution in [-0.2, 0) is 19.1 Å². The van der Waals surface area contributed by atoms with Gasteiger partial charge in [-0.3, -0.25) is 4.68 Å². The smallest absolute Gasteiger partial charge is 0.226 e. The number of aromatic nitrogens is 3. The Hall–Kier alpha value is -3.20. The predicted octanol–water partition coefficient (Wildman–Crippen LogP) is 2.22. The van der Waals surface area contributed by atoms with Gasteiger partial charge in [0.25, 0.3) is 0 Å². The molecule has 0 aliphatic heterocycles. The van der Waals surface area contributed by atoms with Crippen molar-refractivity contribution in [3.8, 4) is 11.5 Å². The quantitative estimate of drug-likeness (QED) is 0.386. The Kier molecular flexibility index (Phi) is 6.83. The van der Waals surface area contributed by atoms with Gasteiger partial charge in [0, 0.05) is 43.9 Å². The molecule has 0 saturated heterocycles. The van der Waals surface area contributed by atoms with Crippen LogP contribution in [0.4, 0.5) is 4.39 Å². The molecule has 0 aliphatic carbocycles. The van der Waals surface area contributed by atoms with Gasteiger partial charge in [-0.15, -0.1) is 0 Å². The van der Waals surface area contributed by atoms with E-state index in [0.717, 1.165) is 11.3 Å². The molecule has 0 aliphatic rings. The Morgan fingerprint density at radius 1 is 1.30 bits per heavy atom. The van der Waals surface area contributed by atoms with Crippen LogP contribution >= 0.6 is 0 Å². The summed E-state index contributed by atoms with van der Waals surface area (Å²) in [5.74, 6) is 0.759. The number of aliphatic imine (C=N–C) groups is 1. The Labute approximate surface area is 174 Å². The molecule has 0 bridgehead atoms. The molecule has 0 fully saturated rings. The molecule has 0 saturated carbocycles. The minimum Gasteiger partial charge on any atom is -0.444 e. The summed E-state index contributed by atoms with van der Waals surface area (Å²) in [6.07, 6.45) is 5.63. The van der Waals surface area contributed by atoms with Crippen LogP contribution in [0.1, 0.15) is 25.1 Å². The molecule has 8 nitrogen and oxygen atoms in total. The monoisotopic (exact) mass is 414 g/mol. The number of halogens is 1. The van der Waals surface area contributed by atoms with Crippen LogP contribution in [0.25, 0.3) is 11.5 Å². The molecule has 0 amide bonds. The highest BCUT2D eigenvalue weighted by molar-refractivity contribution is 5.79. The molecule has 3 N–H and O–H groups in total. The van der Waals surface area contributed by atoms with E-state index in [9.17, 15) is 9.50 Å². The molecule has 0 radical (unpaired) electrons. The van der Waals surface area contributed by atoms with Crippen molar-refractivity contribution in [1.82, 2.24) is 25.4 Å². The lowest BCUT2D eigenvalue weighted by Gasteiger charge is -2.20. The van der Waals surface area contributed by atoms with Gasteiger partial charge in [-0.25, -0.2) is 14.4 Å². The maximum Gasteiger partial charge on any atom is 0.226 e. The number of aliphatic hydroxyl groups is 1.